The van der Waals surface area contributed by atoms with Gasteiger partial charge in [-0.3, -0.25) is 0 Å². The number of amides is 2. The fourth-order valence-corrected chi connectivity index (χ4v) is 2.98. The van der Waals surface area contributed by atoms with Crippen LogP contribution in [0.5, 0.6) is 0 Å². The second-order valence-electron chi connectivity index (χ2n) is 6.01. The van der Waals surface area contributed by atoms with Crippen molar-refractivity contribution in [1.82, 2.24) is 10.6 Å². The molecule has 6 nitrogen and oxygen atoms in total. The summed E-state index contributed by atoms with van der Waals surface area (Å²) in [6.07, 6.45) is 2.66. The fourth-order valence-electron chi connectivity index (χ4n) is 2.98. The Labute approximate surface area is 141 Å². The Hall–Kier alpha value is -2.47. The summed E-state index contributed by atoms with van der Waals surface area (Å²) in [6.45, 7) is 1.91. The van der Waals surface area contributed by atoms with Gasteiger partial charge in [0.15, 0.2) is 0 Å². The molecule has 2 amide bonds. The minimum Gasteiger partial charge on any atom is -0.467 e. The molecule has 1 saturated heterocycles. The first-order chi connectivity index (χ1) is 11.7. The van der Waals surface area contributed by atoms with Gasteiger partial charge in [0.2, 0.25) is 0 Å². The Morgan fingerprint density at radius 1 is 1.29 bits per heavy atom. The molecule has 6 heteroatoms. The smallest absolute Gasteiger partial charge is 0.315 e. The monoisotopic (exact) mass is 329 g/mol. The van der Waals surface area contributed by atoms with Crippen LogP contribution in [0.25, 0.3) is 0 Å². The van der Waals surface area contributed by atoms with E-state index in [0.29, 0.717) is 5.76 Å². The summed E-state index contributed by atoms with van der Waals surface area (Å²) in [5, 5.41) is 15.6. The van der Waals surface area contributed by atoms with Gasteiger partial charge in [-0.15, -0.1) is 0 Å². The second-order valence-corrected chi connectivity index (χ2v) is 6.01. The van der Waals surface area contributed by atoms with Gasteiger partial charge in [-0.25, -0.2) is 4.79 Å². The number of urea groups is 1. The maximum atomic E-state index is 12.0. The molecule has 128 valence electrons. The number of nitrogens with zero attached hydrogens (tertiary/aromatic N) is 1. The zero-order chi connectivity index (χ0) is 16.8. The predicted octanol–water partition coefficient (Wildman–Crippen LogP) is 2.28. The fraction of sp³-hybridized carbons (Fsp3) is 0.389. The lowest BCUT2D eigenvalue weighted by molar-refractivity contribution is 0.147. The Balaban J connectivity index is 1.46. The number of benzene rings is 1. The third-order valence-corrected chi connectivity index (χ3v) is 4.21. The third-order valence-electron chi connectivity index (χ3n) is 4.21. The summed E-state index contributed by atoms with van der Waals surface area (Å²) < 4.78 is 5.11. The number of furan rings is 1. The summed E-state index contributed by atoms with van der Waals surface area (Å²) in [7, 11) is 0. The van der Waals surface area contributed by atoms with Crippen LogP contribution in [0.4, 0.5) is 10.5 Å². The first-order valence-electron chi connectivity index (χ1n) is 8.28. The number of nitrogens with one attached hydrogen (secondary N) is 2. The highest BCUT2D eigenvalue weighted by atomic mass is 16.4. The van der Waals surface area contributed by atoms with Crippen molar-refractivity contribution in [3.8, 4) is 0 Å². The van der Waals surface area contributed by atoms with Crippen LogP contribution in [0.15, 0.2) is 53.1 Å². The first-order valence-corrected chi connectivity index (χ1v) is 8.28. The molecule has 1 fully saturated rings. The molecule has 3 N–H and O–H groups in total. The molecular weight excluding hydrogens is 306 g/mol. The van der Waals surface area contributed by atoms with E-state index in [2.05, 4.69) is 27.7 Å². The lowest BCUT2D eigenvalue weighted by Gasteiger charge is -2.34. The molecule has 0 radical (unpaired) electrons. The number of para-hydroxylation sites is 1. The van der Waals surface area contributed by atoms with Crippen LogP contribution < -0.4 is 15.5 Å². The average Bonchev–Trinajstić information content (AvgIpc) is 3.15. The van der Waals surface area contributed by atoms with E-state index in [1.165, 1.54) is 12.0 Å². The number of piperidine rings is 1. The highest BCUT2D eigenvalue weighted by Gasteiger charge is 2.22. The number of rotatable bonds is 5. The van der Waals surface area contributed by atoms with Crippen LogP contribution in [0, 0.1) is 0 Å². The van der Waals surface area contributed by atoms with E-state index in [0.717, 1.165) is 25.9 Å². The average molecular weight is 329 g/mol. The van der Waals surface area contributed by atoms with Gasteiger partial charge >= 0.3 is 6.03 Å². The van der Waals surface area contributed by atoms with E-state index in [1.807, 2.05) is 18.2 Å². The van der Waals surface area contributed by atoms with Crippen LogP contribution in [0.2, 0.25) is 0 Å². The lowest BCUT2D eigenvalue weighted by Crippen LogP contribution is -2.51. The van der Waals surface area contributed by atoms with Gasteiger partial charge in [-0.05, 0) is 37.1 Å². The Morgan fingerprint density at radius 3 is 2.88 bits per heavy atom. The van der Waals surface area contributed by atoms with Gasteiger partial charge in [0.05, 0.1) is 12.8 Å². The van der Waals surface area contributed by atoms with E-state index in [9.17, 15) is 9.90 Å². The molecule has 1 aliphatic rings. The molecule has 0 spiro atoms. The topological polar surface area (TPSA) is 77.7 Å². The molecule has 2 heterocycles. The SMILES string of the molecule is O=C(NCC(O)c1ccco1)NC1CCCN(c2ccccc2)C1. The van der Waals surface area contributed by atoms with E-state index < -0.39 is 6.10 Å². The molecule has 1 aromatic carbocycles. The maximum Gasteiger partial charge on any atom is 0.315 e. The van der Waals surface area contributed by atoms with Crippen LogP contribution >= 0.6 is 0 Å². The maximum absolute atomic E-state index is 12.0. The zero-order valence-corrected chi connectivity index (χ0v) is 13.5. The van der Waals surface area contributed by atoms with Gasteiger partial charge in [-0.2, -0.15) is 0 Å². The number of carbonyl (C=O) groups is 1. The molecule has 0 aliphatic carbocycles. The lowest BCUT2D eigenvalue weighted by atomic mass is 10.1. The van der Waals surface area contributed by atoms with Gasteiger partial charge in [0.25, 0.3) is 0 Å². The molecule has 2 atom stereocenters. The molecule has 2 aromatic rings. The first kappa shape index (κ1) is 16.4. The Kier molecular flexibility index (Phi) is 5.38. The molecule has 2 unspecified atom stereocenters. The van der Waals surface area contributed by atoms with Crippen molar-refractivity contribution in [2.75, 3.05) is 24.5 Å². The molecule has 24 heavy (non-hydrogen) atoms. The second kappa shape index (κ2) is 7.88. The zero-order valence-electron chi connectivity index (χ0n) is 13.5. The van der Waals surface area contributed by atoms with Gasteiger partial charge in [0.1, 0.15) is 11.9 Å². The quantitative estimate of drug-likeness (QED) is 0.786. The molecule has 1 aromatic heterocycles. The summed E-state index contributed by atoms with van der Waals surface area (Å²) in [5.74, 6) is 0.447. The largest absolute Gasteiger partial charge is 0.467 e. The summed E-state index contributed by atoms with van der Waals surface area (Å²) in [6, 6.07) is 13.4. The highest BCUT2D eigenvalue weighted by Crippen LogP contribution is 2.19. The molecule has 0 bridgehead atoms. The van der Waals surface area contributed by atoms with Gasteiger partial charge < -0.3 is 25.1 Å². The van der Waals surface area contributed by atoms with Crippen LogP contribution in [0.1, 0.15) is 24.7 Å². The molecule has 3 rings (SSSR count). The van der Waals surface area contributed by atoms with Crippen molar-refractivity contribution in [3.05, 3.63) is 54.5 Å². The number of aliphatic hydroxyl groups is 1. The van der Waals surface area contributed by atoms with Crippen LogP contribution in [-0.4, -0.2) is 36.8 Å². The van der Waals surface area contributed by atoms with E-state index in [-0.39, 0.29) is 18.6 Å². The van der Waals surface area contributed by atoms with Crippen molar-refractivity contribution in [2.24, 2.45) is 0 Å². The highest BCUT2D eigenvalue weighted by molar-refractivity contribution is 5.74. The normalized spacial score (nSPS) is 18.9. The number of hydrogen-bond donors (Lipinski definition) is 3. The van der Waals surface area contributed by atoms with Crippen LogP contribution in [-0.2, 0) is 0 Å². The minimum absolute atomic E-state index is 0.0970. The number of anilines is 1. The van der Waals surface area contributed by atoms with E-state index >= 15 is 0 Å². The van der Waals surface area contributed by atoms with Crippen molar-refractivity contribution >= 4 is 11.7 Å². The van der Waals surface area contributed by atoms with Crippen molar-refractivity contribution in [1.29, 1.82) is 0 Å². The van der Waals surface area contributed by atoms with Crippen LogP contribution in [0.3, 0.4) is 0 Å². The van der Waals surface area contributed by atoms with Crippen molar-refractivity contribution in [2.45, 2.75) is 25.0 Å². The molecule has 1 aliphatic heterocycles. The molecular formula is C18H23N3O3. The van der Waals surface area contributed by atoms with E-state index in [1.54, 1.807) is 12.1 Å². The standard InChI is InChI=1S/C18H23N3O3/c22-16(17-9-5-11-24-17)12-19-18(23)20-14-6-4-10-21(13-14)15-7-2-1-3-8-15/h1-3,5,7-9,11,14,16,22H,4,6,10,12-13H2,(H2,19,20,23). The summed E-state index contributed by atoms with van der Waals surface area (Å²) in [5.41, 5.74) is 1.18. The Bertz CT molecular complexity index is 630. The minimum atomic E-state index is -0.835. The molecule has 0 saturated carbocycles. The van der Waals surface area contributed by atoms with E-state index in [4.69, 9.17) is 4.42 Å². The van der Waals surface area contributed by atoms with Crippen molar-refractivity contribution < 1.29 is 14.3 Å². The summed E-state index contributed by atoms with van der Waals surface area (Å²) >= 11 is 0. The predicted molar refractivity (Wildman–Crippen MR) is 91.9 cm³/mol. The number of aliphatic hydroxyl groups excluding tert-OH is 1. The van der Waals surface area contributed by atoms with Gasteiger partial charge in [-0.1, -0.05) is 18.2 Å². The van der Waals surface area contributed by atoms with Gasteiger partial charge in [0, 0.05) is 24.8 Å². The third kappa shape index (κ3) is 4.29. The Morgan fingerprint density at radius 2 is 2.12 bits per heavy atom. The summed E-state index contributed by atoms with van der Waals surface area (Å²) in [4.78, 5) is 14.3. The number of hydrogen-bond acceptors (Lipinski definition) is 4. The van der Waals surface area contributed by atoms with Crippen molar-refractivity contribution in [3.63, 3.8) is 0 Å². The number of carbonyl (C=O) groups excluding carboxylic acids is 1.